The highest BCUT2D eigenvalue weighted by Gasteiger charge is 2.27. The van der Waals surface area contributed by atoms with Crippen molar-refractivity contribution in [1.82, 2.24) is 23.8 Å². The van der Waals surface area contributed by atoms with E-state index in [0.717, 1.165) is 11.1 Å². The molecule has 0 fully saturated rings. The molecule has 0 aliphatic rings. The molecule has 2 aromatic heterocycles. The molecule has 0 saturated heterocycles. The minimum absolute atomic E-state index is 0.0500. The molecule has 1 N–H and O–H groups in total. The fraction of sp³-hybridized carbons (Fsp3) is 0.167. The number of hydrogen-bond donors (Lipinski definition) is 1. The van der Waals surface area contributed by atoms with Crippen LogP contribution in [0.15, 0.2) is 84.5 Å². The fourth-order valence-corrected chi connectivity index (χ4v) is 4.89. The molecular formula is C24H23N5O4S. The summed E-state index contributed by atoms with van der Waals surface area (Å²) in [7, 11) is -2.21. The predicted octanol–water partition coefficient (Wildman–Crippen LogP) is 2.90. The molecule has 0 amide bonds. The summed E-state index contributed by atoms with van der Waals surface area (Å²) in [5.41, 5.74) is 2.89. The summed E-state index contributed by atoms with van der Waals surface area (Å²) >= 11 is 0. The fourth-order valence-electron chi connectivity index (χ4n) is 3.51. The van der Waals surface area contributed by atoms with Gasteiger partial charge in [-0.2, -0.15) is 4.31 Å². The first-order valence-electron chi connectivity index (χ1n) is 10.5. The molecule has 34 heavy (non-hydrogen) atoms. The van der Waals surface area contributed by atoms with Crippen LogP contribution in [0, 0.1) is 0 Å². The first-order valence-corrected chi connectivity index (χ1v) is 11.9. The Labute approximate surface area is 197 Å². The summed E-state index contributed by atoms with van der Waals surface area (Å²) in [5, 5.41) is 9.04. The Kier molecular flexibility index (Phi) is 6.80. The number of aryl methyl sites for hydroxylation is 1. The monoisotopic (exact) mass is 477 g/mol. The van der Waals surface area contributed by atoms with E-state index in [-0.39, 0.29) is 24.5 Å². The van der Waals surface area contributed by atoms with Crippen LogP contribution in [-0.4, -0.2) is 43.3 Å². The molecule has 0 radical (unpaired) electrons. The average Bonchev–Trinajstić information content (AvgIpc) is 3.27. The van der Waals surface area contributed by atoms with Gasteiger partial charge >= 0.3 is 5.97 Å². The normalized spacial score (nSPS) is 11.6. The van der Waals surface area contributed by atoms with Crippen molar-refractivity contribution in [2.75, 3.05) is 0 Å². The average molecular weight is 478 g/mol. The highest BCUT2D eigenvalue weighted by atomic mass is 32.2. The van der Waals surface area contributed by atoms with Crippen LogP contribution in [0.4, 0.5) is 0 Å². The Bertz CT molecular complexity index is 1390. The van der Waals surface area contributed by atoms with Crippen LogP contribution in [0.25, 0.3) is 11.4 Å². The van der Waals surface area contributed by atoms with Gasteiger partial charge in [-0.1, -0.05) is 48.5 Å². The van der Waals surface area contributed by atoms with E-state index < -0.39 is 16.0 Å². The van der Waals surface area contributed by atoms with Gasteiger partial charge in [-0.05, 0) is 22.8 Å². The van der Waals surface area contributed by atoms with Gasteiger partial charge in [0.25, 0.3) is 10.0 Å². The largest absolute Gasteiger partial charge is 0.481 e. The maximum absolute atomic E-state index is 13.4. The van der Waals surface area contributed by atoms with Gasteiger partial charge in [-0.3, -0.25) is 4.79 Å². The summed E-state index contributed by atoms with van der Waals surface area (Å²) < 4.78 is 29.8. The second-order valence-electron chi connectivity index (χ2n) is 7.81. The van der Waals surface area contributed by atoms with Crippen LogP contribution in [0.1, 0.15) is 16.7 Å². The third kappa shape index (κ3) is 5.53. The zero-order chi connectivity index (χ0) is 24.1. The Balaban J connectivity index is 1.63. The lowest BCUT2D eigenvalue weighted by Crippen LogP contribution is -2.30. The lowest BCUT2D eigenvalue weighted by atomic mass is 10.1. The van der Waals surface area contributed by atoms with Gasteiger partial charge in [0.2, 0.25) is 0 Å². The van der Waals surface area contributed by atoms with Gasteiger partial charge in [0.05, 0.1) is 12.7 Å². The number of sulfonamides is 1. The Morgan fingerprint density at radius 1 is 0.941 bits per heavy atom. The maximum atomic E-state index is 13.4. The van der Waals surface area contributed by atoms with Crippen molar-refractivity contribution in [3.63, 3.8) is 0 Å². The van der Waals surface area contributed by atoms with Crippen molar-refractivity contribution in [2.24, 2.45) is 7.05 Å². The highest BCUT2D eigenvalue weighted by molar-refractivity contribution is 7.89. The van der Waals surface area contributed by atoms with Crippen molar-refractivity contribution in [3.05, 3.63) is 96.2 Å². The molecule has 0 spiro atoms. The maximum Gasteiger partial charge on any atom is 0.307 e. The molecule has 4 aromatic rings. The van der Waals surface area contributed by atoms with E-state index in [1.54, 1.807) is 54.3 Å². The van der Waals surface area contributed by atoms with Crippen molar-refractivity contribution < 1.29 is 18.3 Å². The lowest BCUT2D eigenvalue weighted by molar-refractivity contribution is -0.136. The van der Waals surface area contributed by atoms with Crippen molar-refractivity contribution in [3.8, 4) is 11.4 Å². The van der Waals surface area contributed by atoms with Crippen LogP contribution in [0.2, 0.25) is 0 Å². The molecule has 0 bridgehead atoms. The summed E-state index contributed by atoms with van der Waals surface area (Å²) in [6.45, 7) is 0.175. The van der Waals surface area contributed by atoms with Gasteiger partial charge < -0.3 is 9.67 Å². The van der Waals surface area contributed by atoms with E-state index >= 15 is 0 Å². The van der Waals surface area contributed by atoms with E-state index in [2.05, 4.69) is 15.0 Å². The zero-order valence-corrected chi connectivity index (χ0v) is 19.3. The quantitative estimate of drug-likeness (QED) is 0.394. The number of hydrogen-bond acceptors (Lipinski definition) is 6. The number of aromatic nitrogens is 4. The third-order valence-corrected chi connectivity index (χ3v) is 6.81. The molecule has 0 saturated carbocycles. The first-order chi connectivity index (χ1) is 16.3. The molecule has 4 rings (SSSR count). The molecule has 2 aromatic carbocycles. The number of carboxylic acid groups (broad SMARTS) is 1. The van der Waals surface area contributed by atoms with E-state index in [1.807, 2.05) is 24.3 Å². The van der Waals surface area contributed by atoms with Crippen LogP contribution in [-0.2, 0) is 41.4 Å². The van der Waals surface area contributed by atoms with E-state index in [4.69, 9.17) is 5.11 Å². The number of rotatable bonds is 9. The summed E-state index contributed by atoms with van der Waals surface area (Å²) in [6.07, 6.45) is 6.09. The third-order valence-electron chi connectivity index (χ3n) is 5.13. The molecule has 0 aliphatic heterocycles. The van der Waals surface area contributed by atoms with Crippen LogP contribution in [0.3, 0.4) is 0 Å². The number of carboxylic acids is 1. The SMILES string of the molecule is Cn1cnc(S(=O)(=O)N(Cc2ccc(-c3ncccn3)cc2)Cc2cccc(CC(=O)O)c2)c1. The number of benzene rings is 2. The van der Waals surface area contributed by atoms with Crippen LogP contribution in [0.5, 0.6) is 0 Å². The second-order valence-corrected chi connectivity index (χ2v) is 9.70. The Hall–Kier alpha value is -3.89. The van der Waals surface area contributed by atoms with E-state index in [0.29, 0.717) is 17.0 Å². The van der Waals surface area contributed by atoms with Gasteiger partial charge in [0, 0.05) is 44.3 Å². The Morgan fingerprint density at radius 2 is 1.62 bits per heavy atom. The molecule has 10 heteroatoms. The molecule has 0 unspecified atom stereocenters. The standard InChI is InChI=1S/C24H23N5O4S/c1-28-16-22(27-17-28)34(32,33)29(15-20-5-2-4-19(12-20)13-23(30)31)14-18-6-8-21(9-7-18)24-25-10-3-11-26-24/h2-12,16-17H,13-15H2,1H3,(H,30,31). The smallest absolute Gasteiger partial charge is 0.307 e. The van der Waals surface area contributed by atoms with Crippen LogP contribution < -0.4 is 0 Å². The second kappa shape index (κ2) is 9.94. The number of carbonyl (C=O) groups is 1. The molecule has 0 atom stereocenters. The lowest BCUT2D eigenvalue weighted by Gasteiger charge is -2.22. The van der Waals surface area contributed by atoms with Gasteiger partial charge in [0.1, 0.15) is 0 Å². The highest BCUT2D eigenvalue weighted by Crippen LogP contribution is 2.22. The molecule has 0 aliphatic carbocycles. The predicted molar refractivity (Wildman–Crippen MR) is 125 cm³/mol. The van der Waals surface area contributed by atoms with Crippen LogP contribution >= 0.6 is 0 Å². The van der Waals surface area contributed by atoms with Gasteiger partial charge in [-0.25, -0.2) is 23.4 Å². The van der Waals surface area contributed by atoms with Gasteiger partial charge in [0.15, 0.2) is 10.9 Å². The minimum Gasteiger partial charge on any atom is -0.481 e. The summed E-state index contributed by atoms with van der Waals surface area (Å²) in [4.78, 5) is 23.6. The summed E-state index contributed by atoms with van der Waals surface area (Å²) in [5.74, 6) is -0.361. The van der Waals surface area contributed by atoms with Crippen molar-refractivity contribution in [1.29, 1.82) is 0 Å². The van der Waals surface area contributed by atoms with Crippen molar-refractivity contribution in [2.45, 2.75) is 24.5 Å². The number of aliphatic carboxylic acids is 1. The molecule has 174 valence electrons. The topological polar surface area (TPSA) is 118 Å². The molecule has 2 heterocycles. The summed E-state index contributed by atoms with van der Waals surface area (Å²) in [6, 6.07) is 16.1. The molecular weight excluding hydrogens is 454 g/mol. The van der Waals surface area contributed by atoms with E-state index in [1.165, 1.54) is 16.8 Å². The molecule has 9 nitrogen and oxygen atoms in total. The van der Waals surface area contributed by atoms with E-state index in [9.17, 15) is 13.2 Å². The van der Waals surface area contributed by atoms with Gasteiger partial charge in [-0.15, -0.1) is 0 Å². The van der Waals surface area contributed by atoms with Crippen molar-refractivity contribution >= 4 is 16.0 Å². The first kappa shape index (κ1) is 23.3. The zero-order valence-electron chi connectivity index (χ0n) is 18.4. The number of imidazole rings is 1. The minimum atomic E-state index is -3.91. The number of nitrogens with zero attached hydrogens (tertiary/aromatic N) is 5. The Morgan fingerprint density at radius 3 is 2.26 bits per heavy atom.